The number of rotatable bonds is 7. The van der Waals surface area contributed by atoms with Crippen molar-refractivity contribution in [2.75, 3.05) is 12.0 Å². The van der Waals surface area contributed by atoms with E-state index in [1.807, 2.05) is 13.2 Å². The Morgan fingerprint density at radius 2 is 2.00 bits per heavy atom. The van der Waals surface area contributed by atoms with Crippen molar-refractivity contribution in [1.82, 2.24) is 4.89 Å². The van der Waals surface area contributed by atoms with Gasteiger partial charge in [0.25, 0.3) is 10.0 Å². The maximum absolute atomic E-state index is 11.9. The van der Waals surface area contributed by atoms with E-state index in [0.29, 0.717) is 12.2 Å². The maximum atomic E-state index is 11.9. The van der Waals surface area contributed by atoms with Crippen LogP contribution in [0.4, 0.5) is 0 Å². The number of carbonyl (C=O) groups excluding carboxylic acids is 1. The Morgan fingerprint density at radius 1 is 1.40 bits per heavy atom. The summed E-state index contributed by atoms with van der Waals surface area (Å²) in [7, 11) is -3.88. The molecule has 0 aliphatic carbocycles. The molecule has 0 heterocycles. The van der Waals surface area contributed by atoms with E-state index < -0.39 is 22.0 Å². The minimum Gasteiger partial charge on any atom is -0.354 e. The zero-order valence-electron chi connectivity index (χ0n) is 11.3. The Kier molecular flexibility index (Phi) is 6.47. The molecular weight excluding hydrogens is 300 g/mol. The number of hydrogen-bond acceptors (Lipinski definition) is 6. The first-order valence-electron chi connectivity index (χ1n) is 5.90. The van der Waals surface area contributed by atoms with E-state index in [1.54, 1.807) is 28.8 Å². The van der Waals surface area contributed by atoms with Crippen molar-refractivity contribution in [3.05, 3.63) is 29.8 Å². The molecule has 0 spiro atoms. The molecular formula is C12H18N2O4S2. The third-order valence-corrected chi connectivity index (χ3v) is 4.36. The molecule has 0 radical (unpaired) electrons. The van der Waals surface area contributed by atoms with Gasteiger partial charge in [-0.25, -0.2) is 13.2 Å². The fourth-order valence-electron chi connectivity index (χ4n) is 1.30. The summed E-state index contributed by atoms with van der Waals surface area (Å²) in [6.45, 7) is 1.84. The molecule has 0 aromatic heterocycles. The molecule has 3 N–H and O–H groups in total. The smallest absolute Gasteiger partial charge is 0.342 e. The molecule has 20 heavy (non-hydrogen) atoms. The van der Waals surface area contributed by atoms with Gasteiger partial charge in [0.2, 0.25) is 0 Å². The Morgan fingerprint density at radius 3 is 2.55 bits per heavy atom. The first kappa shape index (κ1) is 17.0. The van der Waals surface area contributed by atoms with Gasteiger partial charge in [-0.2, -0.15) is 11.8 Å². The van der Waals surface area contributed by atoms with Crippen LogP contribution >= 0.6 is 11.8 Å². The number of hydrogen-bond donors (Lipinski definition) is 2. The normalized spacial score (nSPS) is 12.9. The zero-order valence-corrected chi connectivity index (χ0v) is 13.0. The Bertz CT molecular complexity index is 543. The molecule has 6 nitrogen and oxygen atoms in total. The van der Waals surface area contributed by atoms with Crippen LogP contribution in [-0.4, -0.2) is 32.4 Å². The van der Waals surface area contributed by atoms with Crippen molar-refractivity contribution < 1.29 is 18.0 Å². The molecule has 0 unspecified atom stereocenters. The minimum absolute atomic E-state index is 0.0218. The predicted molar refractivity (Wildman–Crippen MR) is 78.6 cm³/mol. The zero-order chi connectivity index (χ0) is 15.2. The van der Waals surface area contributed by atoms with Crippen LogP contribution in [0.1, 0.15) is 12.0 Å². The molecule has 0 saturated carbocycles. The van der Waals surface area contributed by atoms with E-state index in [9.17, 15) is 13.2 Å². The molecule has 0 aliphatic rings. The SMILES string of the molecule is CSCC[C@H](N)C(=O)ONS(=O)(=O)c1ccc(C)cc1. The monoisotopic (exact) mass is 318 g/mol. The molecule has 0 fully saturated rings. The van der Waals surface area contributed by atoms with Crippen LogP contribution in [0.5, 0.6) is 0 Å². The highest BCUT2D eigenvalue weighted by molar-refractivity contribution is 7.98. The van der Waals surface area contributed by atoms with Crippen molar-refractivity contribution in [2.45, 2.75) is 24.3 Å². The standard InChI is InChI=1S/C12H18N2O4S2/c1-9-3-5-10(6-4-9)20(16,17)14-18-12(15)11(13)7-8-19-2/h3-6,11,14H,7-8,13H2,1-2H3/t11-/m0/s1. The Balaban J connectivity index is 2.59. The van der Waals surface area contributed by atoms with Crippen LogP contribution in [-0.2, 0) is 19.7 Å². The fourth-order valence-corrected chi connectivity index (χ4v) is 2.57. The summed E-state index contributed by atoms with van der Waals surface area (Å²) >= 11 is 1.54. The van der Waals surface area contributed by atoms with Gasteiger partial charge < -0.3 is 10.6 Å². The van der Waals surface area contributed by atoms with Gasteiger partial charge in [0, 0.05) is 0 Å². The molecule has 1 rings (SSSR count). The molecule has 0 amide bonds. The van der Waals surface area contributed by atoms with E-state index in [-0.39, 0.29) is 4.90 Å². The summed E-state index contributed by atoms with van der Waals surface area (Å²) in [6, 6.07) is 5.32. The quantitative estimate of drug-likeness (QED) is 0.722. The van der Waals surface area contributed by atoms with Crippen molar-refractivity contribution in [1.29, 1.82) is 0 Å². The number of aryl methyl sites for hydroxylation is 1. The van der Waals surface area contributed by atoms with Gasteiger partial charge in [-0.15, -0.1) is 0 Å². The van der Waals surface area contributed by atoms with Gasteiger partial charge >= 0.3 is 5.97 Å². The highest BCUT2D eigenvalue weighted by atomic mass is 32.2. The molecule has 0 bridgehead atoms. The van der Waals surface area contributed by atoms with E-state index in [1.165, 1.54) is 12.1 Å². The lowest BCUT2D eigenvalue weighted by Crippen LogP contribution is -2.38. The number of thioether (sulfide) groups is 1. The van der Waals surface area contributed by atoms with Crippen LogP contribution in [0.2, 0.25) is 0 Å². The van der Waals surface area contributed by atoms with Crippen molar-refractivity contribution >= 4 is 27.8 Å². The average molecular weight is 318 g/mol. The first-order chi connectivity index (χ1) is 9.36. The van der Waals surface area contributed by atoms with Crippen LogP contribution < -0.4 is 10.6 Å². The molecule has 1 aromatic carbocycles. The molecule has 8 heteroatoms. The second kappa shape index (κ2) is 7.63. The Hall–Kier alpha value is -1.09. The third-order valence-electron chi connectivity index (χ3n) is 2.52. The second-order valence-electron chi connectivity index (χ2n) is 4.21. The van der Waals surface area contributed by atoms with Gasteiger partial charge in [-0.1, -0.05) is 17.7 Å². The number of nitrogens with one attached hydrogen (secondary N) is 1. The van der Waals surface area contributed by atoms with Crippen molar-refractivity contribution in [2.24, 2.45) is 5.73 Å². The lowest BCUT2D eigenvalue weighted by molar-refractivity contribution is -0.148. The summed E-state index contributed by atoms with van der Waals surface area (Å²) in [5.41, 5.74) is 6.50. The van der Waals surface area contributed by atoms with E-state index in [4.69, 9.17) is 5.73 Å². The van der Waals surface area contributed by atoms with Crippen molar-refractivity contribution in [3.8, 4) is 0 Å². The third kappa shape index (κ3) is 5.12. The van der Waals surface area contributed by atoms with Crippen LogP contribution in [0.3, 0.4) is 0 Å². The number of carbonyl (C=O) groups is 1. The number of benzene rings is 1. The predicted octanol–water partition coefficient (Wildman–Crippen LogP) is 0.812. The summed E-state index contributed by atoms with van der Waals surface area (Å²) in [5.74, 6) is -0.101. The molecule has 1 atom stereocenters. The summed E-state index contributed by atoms with van der Waals surface area (Å²) < 4.78 is 23.7. The topological polar surface area (TPSA) is 98.5 Å². The largest absolute Gasteiger partial charge is 0.354 e. The van der Waals surface area contributed by atoms with E-state index in [0.717, 1.165) is 5.56 Å². The molecule has 0 aliphatic heterocycles. The first-order valence-corrected chi connectivity index (χ1v) is 8.78. The summed E-state index contributed by atoms with van der Waals surface area (Å²) in [6.07, 6.45) is 2.31. The average Bonchev–Trinajstić information content (AvgIpc) is 2.42. The molecule has 112 valence electrons. The highest BCUT2D eigenvalue weighted by Gasteiger charge is 2.20. The van der Waals surface area contributed by atoms with Gasteiger partial charge in [0.05, 0.1) is 4.90 Å². The highest BCUT2D eigenvalue weighted by Crippen LogP contribution is 2.10. The van der Waals surface area contributed by atoms with Gasteiger partial charge in [0.1, 0.15) is 6.04 Å². The molecule has 0 saturated heterocycles. The van der Waals surface area contributed by atoms with Gasteiger partial charge in [-0.3, -0.25) is 0 Å². The van der Waals surface area contributed by atoms with Crippen LogP contribution in [0.25, 0.3) is 0 Å². The van der Waals surface area contributed by atoms with E-state index in [2.05, 4.69) is 4.84 Å². The van der Waals surface area contributed by atoms with Gasteiger partial charge in [-0.05, 0) is 42.4 Å². The maximum Gasteiger partial charge on any atom is 0.342 e. The van der Waals surface area contributed by atoms with Crippen molar-refractivity contribution in [3.63, 3.8) is 0 Å². The fraction of sp³-hybridized carbons (Fsp3) is 0.417. The minimum atomic E-state index is -3.88. The lowest BCUT2D eigenvalue weighted by Gasteiger charge is -2.11. The second-order valence-corrected chi connectivity index (χ2v) is 6.84. The summed E-state index contributed by atoms with van der Waals surface area (Å²) in [5, 5.41) is 0. The van der Waals surface area contributed by atoms with E-state index >= 15 is 0 Å². The van der Waals surface area contributed by atoms with Gasteiger partial charge in [0.15, 0.2) is 0 Å². The number of nitrogens with two attached hydrogens (primary N) is 1. The lowest BCUT2D eigenvalue weighted by atomic mass is 10.2. The summed E-state index contributed by atoms with van der Waals surface area (Å²) in [4.78, 5) is 17.8. The van der Waals surface area contributed by atoms with Crippen LogP contribution in [0.15, 0.2) is 29.2 Å². The number of sulfonamides is 1. The van der Waals surface area contributed by atoms with Crippen LogP contribution in [0, 0.1) is 6.92 Å². The molecule has 1 aromatic rings. The Labute approximate surface area is 123 Å².